The lowest BCUT2D eigenvalue weighted by atomic mass is 9.96. The van der Waals surface area contributed by atoms with Crippen molar-refractivity contribution in [1.29, 1.82) is 0 Å². The minimum atomic E-state index is -3.63. The molecule has 1 aromatic carbocycles. The van der Waals surface area contributed by atoms with Gasteiger partial charge in [0.2, 0.25) is 15.9 Å². The van der Waals surface area contributed by atoms with E-state index in [0.29, 0.717) is 63.2 Å². The van der Waals surface area contributed by atoms with Crippen LogP contribution < -0.4 is 14.8 Å². The Labute approximate surface area is 197 Å². The molecule has 4 rings (SSSR count). The lowest BCUT2D eigenvalue weighted by molar-refractivity contribution is -0.126. The Bertz CT molecular complexity index is 915. The molecule has 1 N–H and O–H groups in total. The largest absolute Gasteiger partial charge is 0.486 e. The molecule has 2 fully saturated rings. The van der Waals surface area contributed by atoms with Crippen molar-refractivity contribution in [3.8, 4) is 11.5 Å². The van der Waals surface area contributed by atoms with Crippen molar-refractivity contribution in [3.05, 3.63) is 18.2 Å². The maximum Gasteiger partial charge on any atom is 0.243 e. The zero-order chi connectivity index (χ0) is 23.3. The Morgan fingerprint density at radius 3 is 2.58 bits per heavy atom. The zero-order valence-electron chi connectivity index (χ0n) is 19.6. The van der Waals surface area contributed by atoms with Gasteiger partial charge in [0.15, 0.2) is 11.5 Å². The van der Waals surface area contributed by atoms with Crippen molar-refractivity contribution in [3.63, 3.8) is 0 Å². The molecule has 1 atom stereocenters. The summed E-state index contributed by atoms with van der Waals surface area (Å²) in [7, 11) is -3.63. The summed E-state index contributed by atoms with van der Waals surface area (Å²) >= 11 is 0. The molecule has 0 aromatic heterocycles. The molecule has 1 unspecified atom stereocenters. The fraction of sp³-hybridized carbons (Fsp3) is 0.708. The van der Waals surface area contributed by atoms with Gasteiger partial charge in [-0.15, -0.1) is 0 Å². The third-order valence-electron chi connectivity index (χ3n) is 7.04. The van der Waals surface area contributed by atoms with E-state index in [9.17, 15) is 13.2 Å². The zero-order valence-corrected chi connectivity index (χ0v) is 20.4. The van der Waals surface area contributed by atoms with Gasteiger partial charge in [0, 0.05) is 37.7 Å². The number of fused-ring (bicyclic) bond motifs is 1. The molecule has 0 spiro atoms. The first-order chi connectivity index (χ1) is 16.0. The summed E-state index contributed by atoms with van der Waals surface area (Å²) in [5, 5.41) is 3.17. The molecule has 0 radical (unpaired) electrons. The smallest absolute Gasteiger partial charge is 0.243 e. The number of likely N-dealkylation sites (tertiary alicyclic amines) is 1. The van der Waals surface area contributed by atoms with E-state index in [1.807, 2.05) is 0 Å². The molecule has 1 amide bonds. The summed E-state index contributed by atoms with van der Waals surface area (Å²) in [6.07, 6.45) is 7.06. The van der Waals surface area contributed by atoms with Crippen LogP contribution in [0.2, 0.25) is 0 Å². The monoisotopic (exact) mass is 479 g/mol. The summed E-state index contributed by atoms with van der Waals surface area (Å²) in [6.45, 7) is 6.70. The van der Waals surface area contributed by atoms with Gasteiger partial charge in [-0.25, -0.2) is 8.42 Å². The van der Waals surface area contributed by atoms with Crippen molar-refractivity contribution < 1.29 is 22.7 Å². The third-order valence-corrected chi connectivity index (χ3v) is 8.93. The number of ether oxygens (including phenoxy) is 2. The van der Waals surface area contributed by atoms with E-state index in [1.54, 1.807) is 12.1 Å². The van der Waals surface area contributed by atoms with E-state index in [2.05, 4.69) is 17.1 Å². The number of rotatable bonds is 8. The predicted molar refractivity (Wildman–Crippen MR) is 126 cm³/mol. The summed E-state index contributed by atoms with van der Waals surface area (Å²) in [5.41, 5.74) is 0. The normalized spacial score (nSPS) is 22.8. The SMILES string of the molecule is CCCCN1CCCCC1CNC(=O)C1CCN(S(=O)(=O)c2ccc3c(c2)OCCO3)CC1. The van der Waals surface area contributed by atoms with E-state index in [-0.39, 0.29) is 16.7 Å². The van der Waals surface area contributed by atoms with Crippen LogP contribution in [0, 0.1) is 5.92 Å². The molecule has 0 aliphatic carbocycles. The Hall–Kier alpha value is -1.84. The van der Waals surface area contributed by atoms with Crippen LogP contribution in [-0.2, 0) is 14.8 Å². The lowest BCUT2D eigenvalue weighted by Crippen LogP contribution is -2.49. The fourth-order valence-electron chi connectivity index (χ4n) is 5.00. The number of benzene rings is 1. The van der Waals surface area contributed by atoms with Crippen LogP contribution in [0.25, 0.3) is 0 Å². The van der Waals surface area contributed by atoms with Gasteiger partial charge in [0.25, 0.3) is 0 Å². The summed E-state index contributed by atoms with van der Waals surface area (Å²) < 4.78 is 38.8. The van der Waals surface area contributed by atoms with E-state index in [4.69, 9.17) is 9.47 Å². The van der Waals surface area contributed by atoms with Gasteiger partial charge in [-0.05, 0) is 57.3 Å². The predicted octanol–water partition coefficient (Wildman–Crippen LogP) is 2.63. The molecule has 3 heterocycles. The number of unbranched alkanes of at least 4 members (excludes halogenated alkanes) is 1. The second kappa shape index (κ2) is 11.1. The Morgan fingerprint density at radius 2 is 1.82 bits per heavy atom. The molecule has 8 nitrogen and oxygen atoms in total. The number of hydrogen-bond acceptors (Lipinski definition) is 6. The molecule has 9 heteroatoms. The molecule has 33 heavy (non-hydrogen) atoms. The Balaban J connectivity index is 1.28. The van der Waals surface area contributed by atoms with E-state index in [0.717, 1.165) is 19.5 Å². The molecule has 3 aliphatic rings. The molecular weight excluding hydrogens is 442 g/mol. The van der Waals surface area contributed by atoms with Crippen LogP contribution in [0.5, 0.6) is 11.5 Å². The average molecular weight is 480 g/mol. The van der Waals surface area contributed by atoms with Crippen LogP contribution in [0.4, 0.5) is 0 Å². The molecule has 0 saturated carbocycles. The number of hydrogen-bond donors (Lipinski definition) is 1. The van der Waals surface area contributed by atoms with Gasteiger partial charge >= 0.3 is 0 Å². The number of carbonyl (C=O) groups excluding carboxylic acids is 1. The average Bonchev–Trinajstić information content (AvgIpc) is 2.86. The van der Waals surface area contributed by atoms with Gasteiger partial charge in [-0.3, -0.25) is 9.69 Å². The number of piperidine rings is 2. The van der Waals surface area contributed by atoms with Gasteiger partial charge in [0.1, 0.15) is 13.2 Å². The molecule has 0 bridgehead atoms. The lowest BCUT2D eigenvalue weighted by Gasteiger charge is -2.36. The third kappa shape index (κ3) is 5.81. The van der Waals surface area contributed by atoms with Crippen molar-refractivity contribution in [2.45, 2.75) is 62.8 Å². The minimum Gasteiger partial charge on any atom is -0.486 e. The number of carbonyl (C=O) groups is 1. The summed E-state index contributed by atoms with van der Waals surface area (Å²) in [5.74, 6) is 0.964. The Kier molecular flexibility index (Phi) is 8.14. The van der Waals surface area contributed by atoms with Crippen molar-refractivity contribution in [2.24, 2.45) is 5.92 Å². The van der Waals surface area contributed by atoms with E-state index >= 15 is 0 Å². The van der Waals surface area contributed by atoms with E-state index < -0.39 is 10.0 Å². The van der Waals surface area contributed by atoms with Gasteiger partial charge in [-0.1, -0.05) is 19.8 Å². The summed E-state index contributed by atoms with van der Waals surface area (Å²) in [4.78, 5) is 15.6. The highest BCUT2D eigenvalue weighted by Gasteiger charge is 2.33. The van der Waals surface area contributed by atoms with Gasteiger partial charge < -0.3 is 14.8 Å². The first-order valence-electron chi connectivity index (χ1n) is 12.4. The number of nitrogens with one attached hydrogen (secondary N) is 1. The topological polar surface area (TPSA) is 88.2 Å². The van der Waals surface area contributed by atoms with Crippen LogP contribution >= 0.6 is 0 Å². The maximum absolute atomic E-state index is 13.1. The molecule has 1 aromatic rings. The second-order valence-electron chi connectivity index (χ2n) is 9.27. The first-order valence-corrected chi connectivity index (χ1v) is 13.8. The molecule has 2 saturated heterocycles. The molecule has 3 aliphatic heterocycles. The minimum absolute atomic E-state index is 0.0624. The number of nitrogens with zero attached hydrogens (tertiary/aromatic N) is 2. The number of amides is 1. The van der Waals surface area contributed by atoms with Crippen LogP contribution in [0.3, 0.4) is 0 Å². The van der Waals surface area contributed by atoms with Crippen molar-refractivity contribution >= 4 is 15.9 Å². The highest BCUT2D eigenvalue weighted by atomic mass is 32.2. The highest BCUT2D eigenvalue weighted by molar-refractivity contribution is 7.89. The first kappa shape index (κ1) is 24.3. The molecule has 184 valence electrons. The van der Waals surface area contributed by atoms with Crippen LogP contribution in [-0.4, -0.2) is 75.5 Å². The number of sulfonamides is 1. The Morgan fingerprint density at radius 1 is 1.06 bits per heavy atom. The van der Waals surface area contributed by atoms with Crippen LogP contribution in [0.15, 0.2) is 23.1 Å². The van der Waals surface area contributed by atoms with Crippen molar-refractivity contribution in [2.75, 3.05) is 45.9 Å². The van der Waals surface area contributed by atoms with Gasteiger partial charge in [0.05, 0.1) is 4.90 Å². The van der Waals surface area contributed by atoms with Crippen molar-refractivity contribution in [1.82, 2.24) is 14.5 Å². The highest BCUT2D eigenvalue weighted by Crippen LogP contribution is 2.34. The summed E-state index contributed by atoms with van der Waals surface area (Å²) in [6, 6.07) is 5.18. The van der Waals surface area contributed by atoms with Crippen LogP contribution in [0.1, 0.15) is 51.9 Å². The molecular formula is C24H37N3O5S. The fourth-order valence-corrected chi connectivity index (χ4v) is 6.49. The quantitative estimate of drug-likeness (QED) is 0.617. The maximum atomic E-state index is 13.1. The van der Waals surface area contributed by atoms with E-state index in [1.165, 1.54) is 36.1 Å². The van der Waals surface area contributed by atoms with Gasteiger partial charge in [-0.2, -0.15) is 4.31 Å². The standard InChI is InChI=1S/C24H37N3O5S/c1-2-3-11-26-12-5-4-6-20(26)18-25-24(28)19-9-13-27(14-10-19)33(29,30)21-7-8-22-23(17-21)32-16-15-31-22/h7-8,17,19-20H,2-6,9-16,18H2,1H3,(H,25,28). The second-order valence-corrected chi connectivity index (χ2v) is 11.2.